The van der Waals surface area contributed by atoms with Crippen molar-refractivity contribution in [2.24, 2.45) is 0 Å². The van der Waals surface area contributed by atoms with Crippen molar-refractivity contribution >= 4 is 0 Å². The lowest BCUT2D eigenvalue weighted by atomic mass is 10.2. The highest BCUT2D eigenvalue weighted by molar-refractivity contribution is 5.21. The summed E-state index contributed by atoms with van der Waals surface area (Å²) in [5.74, 6) is 0.334. The van der Waals surface area contributed by atoms with Crippen LogP contribution in [-0.4, -0.2) is 80.1 Å². The predicted octanol–water partition coefficient (Wildman–Crippen LogP) is 1.22. The number of piperazine rings is 1. The number of rotatable bonds is 9. The fourth-order valence-electron chi connectivity index (χ4n) is 2.61. The molecule has 0 radical (unpaired) electrons. The summed E-state index contributed by atoms with van der Waals surface area (Å²) in [6.07, 6.45) is -0.478. The van der Waals surface area contributed by atoms with E-state index in [1.807, 2.05) is 0 Å². The van der Waals surface area contributed by atoms with Gasteiger partial charge in [-0.15, -0.1) is 0 Å². The topological polar surface area (TPSA) is 45.2 Å². The van der Waals surface area contributed by atoms with Crippen LogP contribution in [-0.2, 0) is 4.74 Å². The van der Waals surface area contributed by atoms with Crippen LogP contribution in [0.25, 0.3) is 0 Å². The molecule has 130 valence electrons. The molecule has 0 bridgehead atoms. The Hall–Kier alpha value is -1.21. The summed E-state index contributed by atoms with van der Waals surface area (Å²) in [6.45, 7) is 9.13. The van der Waals surface area contributed by atoms with Crippen molar-refractivity contribution in [1.82, 2.24) is 9.80 Å². The summed E-state index contributed by atoms with van der Waals surface area (Å²) in [7, 11) is 0. The fourth-order valence-corrected chi connectivity index (χ4v) is 2.61. The van der Waals surface area contributed by atoms with Crippen molar-refractivity contribution in [3.8, 4) is 5.75 Å². The van der Waals surface area contributed by atoms with Gasteiger partial charge in [0.15, 0.2) is 0 Å². The molecule has 0 unspecified atom stereocenters. The van der Waals surface area contributed by atoms with Crippen molar-refractivity contribution in [3.05, 3.63) is 30.1 Å². The van der Waals surface area contributed by atoms with E-state index >= 15 is 0 Å². The molecule has 0 spiro atoms. The first-order valence-electron chi connectivity index (χ1n) is 8.26. The van der Waals surface area contributed by atoms with Crippen molar-refractivity contribution in [2.45, 2.75) is 13.0 Å². The standard InChI is InChI=1S/C17H27FN2O3/c1-2-19-7-9-20(10-8-19)13-16(21)14-22-11-12-23-17-5-3-15(18)4-6-17/h3-6,16,21H,2,7-14H2,1H3/t16-/m0/s1. The fraction of sp³-hybridized carbons (Fsp3) is 0.647. The second-order valence-corrected chi connectivity index (χ2v) is 5.77. The maximum absolute atomic E-state index is 12.7. The summed E-state index contributed by atoms with van der Waals surface area (Å²) >= 11 is 0. The Kier molecular flexibility index (Phi) is 7.74. The van der Waals surface area contributed by atoms with E-state index in [2.05, 4.69) is 16.7 Å². The van der Waals surface area contributed by atoms with E-state index in [1.54, 1.807) is 12.1 Å². The minimum absolute atomic E-state index is 0.281. The van der Waals surface area contributed by atoms with Crippen molar-refractivity contribution < 1.29 is 19.0 Å². The van der Waals surface area contributed by atoms with Gasteiger partial charge in [-0.1, -0.05) is 6.92 Å². The van der Waals surface area contributed by atoms with Gasteiger partial charge in [-0.2, -0.15) is 0 Å². The van der Waals surface area contributed by atoms with Gasteiger partial charge in [0.25, 0.3) is 0 Å². The second kappa shape index (κ2) is 9.82. The van der Waals surface area contributed by atoms with Gasteiger partial charge < -0.3 is 19.5 Å². The van der Waals surface area contributed by atoms with E-state index < -0.39 is 6.10 Å². The van der Waals surface area contributed by atoms with E-state index in [9.17, 15) is 9.50 Å². The molecule has 1 saturated heterocycles. The van der Waals surface area contributed by atoms with Crippen LogP contribution in [0.5, 0.6) is 5.75 Å². The van der Waals surface area contributed by atoms with Crippen LogP contribution in [0, 0.1) is 5.82 Å². The molecule has 23 heavy (non-hydrogen) atoms. The van der Waals surface area contributed by atoms with Crippen LogP contribution in [0.15, 0.2) is 24.3 Å². The lowest BCUT2D eigenvalue weighted by molar-refractivity contribution is 0.000386. The Morgan fingerprint density at radius 1 is 1.09 bits per heavy atom. The third-order valence-electron chi connectivity index (χ3n) is 4.00. The number of nitrogens with zero attached hydrogens (tertiary/aromatic N) is 2. The average molecular weight is 326 g/mol. The van der Waals surface area contributed by atoms with Crippen LogP contribution in [0.4, 0.5) is 4.39 Å². The highest BCUT2D eigenvalue weighted by Gasteiger charge is 2.18. The number of hydrogen-bond donors (Lipinski definition) is 1. The first kappa shape index (κ1) is 18.1. The lowest BCUT2D eigenvalue weighted by Gasteiger charge is -2.34. The highest BCUT2D eigenvalue weighted by Crippen LogP contribution is 2.10. The van der Waals surface area contributed by atoms with Gasteiger partial charge in [-0.05, 0) is 30.8 Å². The first-order valence-corrected chi connectivity index (χ1v) is 8.26. The molecule has 1 heterocycles. The van der Waals surface area contributed by atoms with Crippen molar-refractivity contribution in [3.63, 3.8) is 0 Å². The molecule has 1 fully saturated rings. The van der Waals surface area contributed by atoms with Crippen molar-refractivity contribution in [2.75, 3.05) is 59.1 Å². The molecule has 0 saturated carbocycles. The maximum atomic E-state index is 12.7. The first-order chi connectivity index (χ1) is 11.2. The Labute approximate surface area is 137 Å². The molecule has 1 N–H and O–H groups in total. The zero-order chi connectivity index (χ0) is 16.5. The molecule has 1 aliphatic rings. The number of aliphatic hydroxyl groups is 1. The van der Waals surface area contributed by atoms with Gasteiger partial charge in [0, 0.05) is 32.7 Å². The molecule has 0 aromatic heterocycles. The summed E-state index contributed by atoms with van der Waals surface area (Å²) in [5, 5.41) is 10.0. The molecule has 1 atom stereocenters. The zero-order valence-electron chi connectivity index (χ0n) is 13.8. The molecular formula is C17H27FN2O3. The van der Waals surface area contributed by atoms with E-state index in [4.69, 9.17) is 9.47 Å². The molecule has 2 rings (SSSR count). The molecule has 6 heteroatoms. The molecule has 5 nitrogen and oxygen atoms in total. The highest BCUT2D eigenvalue weighted by atomic mass is 19.1. The Morgan fingerprint density at radius 2 is 1.74 bits per heavy atom. The van der Waals surface area contributed by atoms with Crippen LogP contribution >= 0.6 is 0 Å². The Balaban J connectivity index is 1.51. The number of β-amino-alcohol motifs (C(OH)–C–C–N with tert-alkyl or cyclic N) is 1. The van der Waals surface area contributed by atoms with Crippen LogP contribution in [0.1, 0.15) is 6.92 Å². The van der Waals surface area contributed by atoms with Gasteiger partial charge in [-0.3, -0.25) is 4.90 Å². The Morgan fingerprint density at radius 3 is 2.39 bits per heavy atom. The minimum Gasteiger partial charge on any atom is -0.491 e. The van der Waals surface area contributed by atoms with Crippen LogP contribution in [0.3, 0.4) is 0 Å². The SMILES string of the molecule is CCN1CCN(C[C@H](O)COCCOc2ccc(F)cc2)CC1. The van der Waals surface area contributed by atoms with Gasteiger partial charge in [0.05, 0.1) is 19.3 Å². The normalized spacial score (nSPS) is 18.0. The number of halogens is 1. The molecule has 1 aromatic carbocycles. The molecular weight excluding hydrogens is 299 g/mol. The number of aliphatic hydroxyl groups excluding tert-OH is 1. The monoisotopic (exact) mass is 326 g/mol. The third kappa shape index (κ3) is 6.83. The third-order valence-corrected chi connectivity index (χ3v) is 4.00. The van der Waals surface area contributed by atoms with E-state index in [1.165, 1.54) is 12.1 Å². The zero-order valence-corrected chi connectivity index (χ0v) is 13.8. The smallest absolute Gasteiger partial charge is 0.123 e. The number of likely N-dealkylation sites (N-methyl/N-ethyl adjacent to an activating group) is 1. The quantitative estimate of drug-likeness (QED) is 0.692. The molecule has 0 aliphatic carbocycles. The summed E-state index contributed by atoms with van der Waals surface area (Å²) in [4.78, 5) is 4.68. The Bertz CT molecular complexity index is 436. The second-order valence-electron chi connectivity index (χ2n) is 5.77. The van der Waals surface area contributed by atoms with Crippen molar-refractivity contribution in [1.29, 1.82) is 0 Å². The van der Waals surface area contributed by atoms with Gasteiger partial charge >= 0.3 is 0 Å². The van der Waals surface area contributed by atoms with Crippen LogP contribution < -0.4 is 4.74 Å². The van der Waals surface area contributed by atoms with Gasteiger partial charge in [-0.25, -0.2) is 4.39 Å². The number of benzene rings is 1. The minimum atomic E-state index is -0.478. The summed E-state index contributed by atoms with van der Waals surface area (Å²) in [5.41, 5.74) is 0. The van der Waals surface area contributed by atoms with Gasteiger partial charge in [0.2, 0.25) is 0 Å². The molecule has 0 amide bonds. The lowest BCUT2D eigenvalue weighted by Crippen LogP contribution is -2.48. The van der Waals surface area contributed by atoms with Crippen LogP contribution in [0.2, 0.25) is 0 Å². The summed E-state index contributed by atoms with van der Waals surface area (Å²) in [6, 6.07) is 5.89. The summed E-state index contributed by atoms with van der Waals surface area (Å²) < 4.78 is 23.6. The molecule has 1 aliphatic heterocycles. The maximum Gasteiger partial charge on any atom is 0.123 e. The average Bonchev–Trinajstić information content (AvgIpc) is 2.57. The van der Waals surface area contributed by atoms with Gasteiger partial charge in [0.1, 0.15) is 18.2 Å². The van der Waals surface area contributed by atoms with E-state index in [0.717, 1.165) is 32.7 Å². The number of ether oxygens (including phenoxy) is 2. The number of hydrogen-bond acceptors (Lipinski definition) is 5. The predicted molar refractivity (Wildman–Crippen MR) is 87.3 cm³/mol. The van der Waals surface area contributed by atoms with E-state index in [0.29, 0.717) is 32.1 Å². The molecule has 1 aromatic rings. The largest absolute Gasteiger partial charge is 0.491 e. The van der Waals surface area contributed by atoms with E-state index in [-0.39, 0.29) is 5.82 Å².